The first-order valence-corrected chi connectivity index (χ1v) is 11.0. The molecule has 2 aromatic carbocycles. The number of anilines is 1. The Hall–Kier alpha value is -2.80. The monoisotopic (exact) mass is 424 g/mol. The van der Waals surface area contributed by atoms with Crippen LogP contribution in [0.2, 0.25) is 0 Å². The highest BCUT2D eigenvalue weighted by Gasteiger charge is 2.23. The van der Waals surface area contributed by atoms with Crippen molar-refractivity contribution in [1.82, 2.24) is 14.5 Å². The van der Waals surface area contributed by atoms with Gasteiger partial charge < -0.3 is 9.80 Å². The summed E-state index contributed by atoms with van der Waals surface area (Å²) in [5.74, 6) is 0.205. The number of halogens is 1. The minimum Gasteiger partial charge on any atom is -0.366 e. The predicted molar refractivity (Wildman–Crippen MR) is 119 cm³/mol. The number of hydrogen-bond acceptors (Lipinski definition) is 4. The van der Waals surface area contributed by atoms with E-state index < -0.39 is 0 Å². The van der Waals surface area contributed by atoms with Crippen molar-refractivity contribution in [3.05, 3.63) is 71.8 Å². The van der Waals surface area contributed by atoms with Gasteiger partial charge in [0.15, 0.2) is 5.16 Å². The van der Waals surface area contributed by atoms with Crippen LogP contribution in [-0.2, 0) is 4.79 Å². The SMILES string of the molecule is Cc1ccc(C)c(-n2ccnc2SCC(=O)N2CCN(c3ccccc3F)CC2)c1. The normalized spacial score (nSPS) is 14.2. The van der Waals surface area contributed by atoms with E-state index in [0.717, 1.165) is 16.4 Å². The lowest BCUT2D eigenvalue weighted by molar-refractivity contribution is -0.128. The van der Waals surface area contributed by atoms with Gasteiger partial charge >= 0.3 is 0 Å². The number of para-hydroxylation sites is 1. The molecule has 30 heavy (non-hydrogen) atoms. The average molecular weight is 425 g/mol. The highest BCUT2D eigenvalue weighted by atomic mass is 32.2. The van der Waals surface area contributed by atoms with E-state index in [4.69, 9.17) is 0 Å². The van der Waals surface area contributed by atoms with Crippen LogP contribution in [0.1, 0.15) is 11.1 Å². The van der Waals surface area contributed by atoms with Gasteiger partial charge in [-0.3, -0.25) is 9.36 Å². The van der Waals surface area contributed by atoms with Crippen molar-refractivity contribution in [2.45, 2.75) is 19.0 Å². The first-order valence-electron chi connectivity index (χ1n) is 10.0. The molecule has 0 N–H and O–H groups in total. The van der Waals surface area contributed by atoms with E-state index in [1.807, 2.05) is 26.6 Å². The van der Waals surface area contributed by atoms with Crippen LogP contribution in [0.25, 0.3) is 5.69 Å². The smallest absolute Gasteiger partial charge is 0.233 e. The van der Waals surface area contributed by atoms with Crippen LogP contribution in [-0.4, -0.2) is 52.3 Å². The molecule has 2 heterocycles. The van der Waals surface area contributed by atoms with Crippen molar-refractivity contribution in [3.63, 3.8) is 0 Å². The second kappa shape index (κ2) is 8.92. The Morgan fingerprint density at radius 2 is 1.83 bits per heavy atom. The molecule has 0 atom stereocenters. The summed E-state index contributed by atoms with van der Waals surface area (Å²) in [7, 11) is 0. The van der Waals surface area contributed by atoms with Crippen molar-refractivity contribution < 1.29 is 9.18 Å². The van der Waals surface area contributed by atoms with Gasteiger partial charge in [-0.25, -0.2) is 9.37 Å². The maximum atomic E-state index is 14.0. The minimum absolute atomic E-state index is 0.0868. The molecule has 156 valence electrons. The standard InChI is InChI=1S/C23H25FN4OS/c1-17-7-8-18(2)21(15-17)28-10-9-25-23(28)30-16-22(29)27-13-11-26(12-14-27)20-6-4-3-5-19(20)24/h3-10,15H,11-14,16H2,1-2H3. The third-order valence-corrected chi connectivity index (χ3v) is 6.33. The number of thioether (sulfide) groups is 1. The zero-order valence-electron chi connectivity index (χ0n) is 17.2. The maximum Gasteiger partial charge on any atom is 0.233 e. The van der Waals surface area contributed by atoms with Crippen LogP contribution in [0.5, 0.6) is 0 Å². The Kier molecular flexibility index (Phi) is 6.08. The third kappa shape index (κ3) is 4.36. The van der Waals surface area contributed by atoms with Crippen molar-refractivity contribution >= 4 is 23.4 Å². The predicted octanol–water partition coefficient (Wildman–Crippen LogP) is 4.07. The van der Waals surface area contributed by atoms with Gasteiger partial charge in [0.2, 0.25) is 5.91 Å². The van der Waals surface area contributed by atoms with E-state index >= 15 is 0 Å². The molecule has 1 saturated heterocycles. The molecular weight excluding hydrogens is 399 g/mol. The molecule has 3 aromatic rings. The molecule has 1 fully saturated rings. The number of nitrogens with zero attached hydrogens (tertiary/aromatic N) is 4. The number of rotatable bonds is 5. The second-order valence-corrected chi connectivity index (χ2v) is 8.42. The molecule has 0 saturated carbocycles. The number of benzene rings is 2. The Morgan fingerprint density at radius 1 is 1.07 bits per heavy atom. The summed E-state index contributed by atoms with van der Waals surface area (Å²) in [5.41, 5.74) is 4.04. The fraction of sp³-hybridized carbons (Fsp3) is 0.304. The van der Waals surface area contributed by atoms with Gasteiger partial charge in [0.1, 0.15) is 5.82 Å². The van der Waals surface area contributed by atoms with E-state index in [9.17, 15) is 9.18 Å². The van der Waals surface area contributed by atoms with Crippen molar-refractivity contribution in [2.75, 3.05) is 36.8 Å². The summed E-state index contributed by atoms with van der Waals surface area (Å²) in [6.07, 6.45) is 3.70. The molecule has 7 heteroatoms. The number of amides is 1. The van der Waals surface area contributed by atoms with Gasteiger partial charge in [-0.15, -0.1) is 0 Å². The van der Waals surface area contributed by atoms with Gasteiger partial charge in [0, 0.05) is 38.6 Å². The van der Waals surface area contributed by atoms with Crippen LogP contribution in [0, 0.1) is 19.7 Å². The number of carbonyl (C=O) groups excluding carboxylic acids is 1. The zero-order valence-corrected chi connectivity index (χ0v) is 18.0. The summed E-state index contributed by atoms with van der Waals surface area (Å²) in [6.45, 7) is 6.60. The van der Waals surface area contributed by atoms with Crippen LogP contribution >= 0.6 is 11.8 Å². The van der Waals surface area contributed by atoms with E-state index in [2.05, 4.69) is 37.0 Å². The highest BCUT2D eigenvalue weighted by Crippen LogP contribution is 2.25. The molecular formula is C23H25FN4OS. The zero-order chi connectivity index (χ0) is 21.1. The fourth-order valence-corrected chi connectivity index (χ4v) is 4.55. The van der Waals surface area contributed by atoms with Crippen molar-refractivity contribution in [3.8, 4) is 5.69 Å². The molecule has 1 amide bonds. The van der Waals surface area contributed by atoms with E-state index in [-0.39, 0.29) is 11.7 Å². The fourth-order valence-electron chi connectivity index (χ4n) is 3.68. The lowest BCUT2D eigenvalue weighted by Crippen LogP contribution is -2.49. The van der Waals surface area contributed by atoms with Gasteiger partial charge in [-0.05, 0) is 43.2 Å². The second-order valence-electron chi connectivity index (χ2n) is 7.48. The molecule has 4 rings (SSSR count). The first-order chi connectivity index (χ1) is 14.5. The minimum atomic E-state index is -0.217. The third-order valence-electron chi connectivity index (χ3n) is 5.38. The number of aryl methyl sites for hydroxylation is 2. The largest absolute Gasteiger partial charge is 0.366 e. The van der Waals surface area contributed by atoms with E-state index in [1.165, 1.54) is 23.4 Å². The number of aromatic nitrogens is 2. The molecule has 0 spiro atoms. The molecule has 0 bridgehead atoms. The Balaban J connectivity index is 1.36. The summed E-state index contributed by atoms with van der Waals surface area (Å²) in [5, 5.41) is 0.807. The molecule has 5 nitrogen and oxygen atoms in total. The molecule has 0 aliphatic carbocycles. The number of hydrogen-bond donors (Lipinski definition) is 0. The summed E-state index contributed by atoms with van der Waals surface area (Å²) in [4.78, 5) is 21.1. The summed E-state index contributed by atoms with van der Waals surface area (Å²) >= 11 is 1.45. The Bertz CT molecular complexity index is 1040. The molecule has 1 aromatic heterocycles. The Labute approximate surface area is 180 Å². The number of imidazole rings is 1. The lowest BCUT2D eigenvalue weighted by Gasteiger charge is -2.36. The van der Waals surface area contributed by atoms with Crippen LogP contribution in [0.3, 0.4) is 0 Å². The van der Waals surface area contributed by atoms with E-state index in [0.29, 0.717) is 37.6 Å². The van der Waals surface area contributed by atoms with Crippen molar-refractivity contribution in [1.29, 1.82) is 0 Å². The van der Waals surface area contributed by atoms with Gasteiger partial charge in [-0.2, -0.15) is 0 Å². The molecule has 1 aliphatic rings. The van der Waals surface area contributed by atoms with Gasteiger partial charge in [-0.1, -0.05) is 36.0 Å². The van der Waals surface area contributed by atoms with Crippen LogP contribution < -0.4 is 4.90 Å². The number of carbonyl (C=O) groups is 1. The Morgan fingerprint density at radius 3 is 2.60 bits per heavy atom. The molecule has 0 unspecified atom stereocenters. The van der Waals surface area contributed by atoms with Crippen LogP contribution in [0.4, 0.5) is 10.1 Å². The highest BCUT2D eigenvalue weighted by molar-refractivity contribution is 7.99. The van der Waals surface area contributed by atoms with E-state index in [1.54, 1.807) is 18.3 Å². The maximum absolute atomic E-state index is 14.0. The lowest BCUT2D eigenvalue weighted by atomic mass is 10.1. The van der Waals surface area contributed by atoms with Crippen molar-refractivity contribution in [2.24, 2.45) is 0 Å². The van der Waals surface area contributed by atoms with Gasteiger partial charge in [0.05, 0.1) is 17.1 Å². The molecule has 1 aliphatic heterocycles. The van der Waals surface area contributed by atoms with Gasteiger partial charge in [0.25, 0.3) is 0 Å². The topological polar surface area (TPSA) is 41.4 Å². The average Bonchev–Trinajstić information content (AvgIpc) is 3.22. The first kappa shape index (κ1) is 20.5. The summed E-state index contributed by atoms with van der Waals surface area (Å²) < 4.78 is 16.0. The quantitative estimate of drug-likeness (QED) is 0.579. The number of piperazine rings is 1. The van der Waals surface area contributed by atoms with Crippen LogP contribution in [0.15, 0.2) is 60.0 Å². The summed E-state index contributed by atoms with van der Waals surface area (Å²) in [6, 6.07) is 13.1. The molecule has 0 radical (unpaired) electrons.